The summed E-state index contributed by atoms with van der Waals surface area (Å²) in [5, 5.41) is 13.0. The standard InChI is InChI=1S/C14H15N3O3/c15-12(18)6-3-7-16-13-9-4-1-2-5-11(9)17-8-10(13)14(19)20/h1-2,4-5,8H,3,6-7H2,(H2,15,18)(H,16,17)(H,19,20). The number of aromatic carboxylic acids is 1. The van der Waals surface area contributed by atoms with Gasteiger partial charge in [-0.1, -0.05) is 18.2 Å². The van der Waals surface area contributed by atoms with Gasteiger partial charge in [-0.3, -0.25) is 9.78 Å². The monoisotopic (exact) mass is 273 g/mol. The predicted molar refractivity (Wildman–Crippen MR) is 75.6 cm³/mol. The van der Waals surface area contributed by atoms with E-state index in [0.29, 0.717) is 18.7 Å². The number of fused-ring (bicyclic) bond motifs is 1. The van der Waals surface area contributed by atoms with E-state index in [0.717, 1.165) is 10.9 Å². The number of benzene rings is 1. The smallest absolute Gasteiger partial charge is 0.339 e. The lowest BCUT2D eigenvalue weighted by molar-refractivity contribution is -0.118. The number of rotatable bonds is 6. The Morgan fingerprint density at radius 1 is 1.30 bits per heavy atom. The fraction of sp³-hybridized carbons (Fsp3) is 0.214. The van der Waals surface area contributed by atoms with Crippen LogP contribution in [0.25, 0.3) is 10.9 Å². The van der Waals surface area contributed by atoms with Crippen LogP contribution in [-0.2, 0) is 4.79 Å². The first-order valence-corrected chi connectivity index (χ1v) is 6.23. The summed E-state index contributed by atoms with van der Waals surface area (Å²) in [6.45, 7) is 0.469. The van der Waals surface area contributed by atoms with E-state index in [-0.39, 0.29) is 17.9 Å². The number of amides is 1. The summed E-state index contributed by atoms with van der Waals surface area (Å²) < 4.78 is 0. The maximum absolute atomic E-state index is 11.3. The Hall–Kier alpha value is -2.63. The molecule has 4 N–H and O–H groups in total. The first kappa shape index (κ1) is 13.8. The number of nitrogens with zero attached hydrogens (tertiary/aromatic N) is 1. The number of aromatic nitrogens is 1. The van der Waals surface area contributed by atoms with E-state index in [2.05, 4.69) is 10.3 Å². The van der Waals surface area contributed by atoms with Gasteiger partial charge < -0.3 is 16.2 Å². The summed E-state index contributed by atoms with van der Waals surface area (Å²) in [5.41, 5.74) is 6.42. The Bertz CT molecular complexity index is 655. The van der Waals surface area contributed by atoms with Crippen LogP contribution in [-0.4, -0.2) is 28.5 Å². The van der Waals surface area contributed by atoms with Crippen LogP contribution in [0, 0.1) is 0 Å². The van der Waals surface area contributed by atoms with Gasteiger partial charge in [0, 0.05) is 24.5 Å². The molecular formula is C14H15N3O3. The number of nitrogens with one attached hydrogen (secondary N) is 1. The maximum atomic E-state index is 11.3. The van der Waals surface area contributed by atoms with E-state index in [1.807, 2.05) is 24.3 Å². The number of hydrogen-bond donors (Lipinski definition) is 3. The van der Waals surface area contributed by atoms with E-state index in [4.69, 9.17) is 5.73 Å². The van der Waals surface area contributed by atoms with Crippen LogP contribution in [0.3, 0.4) is 0 Å². The Labute approximate surface area is 115 Å². The van der Waals surface area contributed by atoms with Gasteiger partial charge in [0.15, 0.2) is 0 Å². The van der Waals surface area contributed by atoms with Crippen molar-refractivity contribution in [3.05, 3.63) is 36.0 Å². The van der Waals surface area contributed by atoms with Gasteiger partial charge in [-0.15, -0.1) is 0 Å². The van der Waals surface area contributed by atoms with Crippen LogP contribution >= 0.6 is 0 Å². The molecule has 2 aromatic rings. The van der Waals surface area contributed by atoms with Gasteiger partial charge in [-0.05, 0) is 12.5 Å². The molecule has 0 radical (unpaired) electrons. The highest BCUT2D eigenvalue weighted by Crippen LogP contribution is 2.25. The lowest BCUT2D eigenvalue weighted by Crippen LogP contribution is -2.14. The van der Waals surface area contributed by atoms with Crippen molar-refractivity contribution in [3.63, 3.8) is 0 Å². The quantitative estimate of drug-likeness (QED) is 0.693. The molecule has 0 saturated heterocycles. The van der Waals surface area contributed by atoms with Crippen LogP contribution in [0.4, 0.5) is 5.69 Å². The summed E-state index contributed by atoms with van der Waals surface area (Å²) in [7, 11) is 0. The Balaban J connectivity index is 2.30. The molecule has 0 aliphatic carbocycles. The number of anilines is 1. The zero-order valence-corrected chi connectivity index (χ0v) is 10.8. The average molecular weight is 273 g/mol. The Kier molecular flexibility index (Phi) is 4.14. The largest absolute Gasteiger partial charge is 0.478 e. The minimum atomic E-state index is -1.04. The minimum Gasteiger partial charge on any atom is -0.478 e. The summed E-state index contributed by atoms with van der Waals surface area (Å²) in [5.74, 6) is -1.41. The zero-order chi connectivity index (χ0) is 14.5. The van der Waals surface area contributed by atoms with Crippen molar-refractivity contribution in [1.29, 1.82) is 0 Å². The Morgan fingerprint density at radius 3 is 2.75 bits per heavy atom. The molecule has 1 amide bonds. The van der Waals surface area contributed by atoms with E-state index in [1.54, 1.807) is 0 Å². The van der Waals surface area contributed by atoms with Crippen LogP contribution < -0.4 is 11.1 Å². The molecule has 6 heteroatoms. The van der Waals surface area contributed by atoms with Crippen LogP contribution in [0.1, 0.15) is 23.2 Å². The van der Waals surface area contributed by atoms with Crippen LogP contribution in [0.15, 0.2) is 30.5 Å². The lowest BCUT2D eigenvalue weighted by atomic mass is 10.1. The van der Waals surface area contributed by atoms with Crippen molar-refractivity contribution in [1.82, 2.24) is 4.98 Å². The third-order valence-corrected chi connectivity index (χ3v) is 2.91. The third-order valence-electron chi connectivity index (χ3n) is 2.91. The molecule has 1 aromatic heterocycles. The number of hydrogen-bond acceptors (Lipinski definition) is 4. The van der Waals surface area contributed by atoms with Gasteiger partial charge in [0.1, 0.15) is 5.56 Å². The molecular weight excluding hydrogens is 258 g/mol. The van der Waals surface area contributed by atoms with Gasteiger partial charge in [0.05, 0.1) is 11.2 Å². The zero-order valence-electron chi connectivity index (χ0n) is 10.8. The molecule has 1 aromatic carbocycles. The first-order chi connectivity index (χ1) is 9.59. The second-order valence-corrected chi connectivity index (χ2v) is 4.37. The van der Waals surface area contributed by atoms with Gasteiger partial charge in [-0.25, -0.2) is 4.79 Å². The summed E-state index contributed by atoms with van der Waals surface area (Å²) in [6, 6.07) is 7.29. The molecule has 0 fully saturated rings. The summed E-state index contributed by atoms with van der Waals surface area (Å²) in [6.07, 6.45) is 2.14. The van der Waals surface area contributed by atoms with E-state index in [1.165, 1.54) is 6.20 Å². The molecule has 1 heterocycles. The van der Waals surface area contributed by atoms with Gasteiger partial charge in [0.2, 0.25) is 5.91 Å². The predicted octanol–water partition coefficient (Wildman–Crippen LogP) is 1.61. The molecule has 2 rings (SSSR count). The molecule has 0 aliphatic rings. The molecule has 0 aliphatic heterocycles. The van der Waals surface area contributed by atoms with Crippen LogP contribution in [0.2, 0.25) is 0 Å². The second-order valence-electron chi connectivity index (χ2n) is 4.37. The molecule has 0 unspecified atom stereocenters. The number of carbonyl (C=O) groups is 2. The SMILES string of the molecule is NC(=O)CCCNc1c(C(=O)O)cnc2ccccc12. The van der Waals surface area contributed by atoms with Gasteiger partial charge >= 0.3 is 5.97 Å². The van der Waals surface area contributed by atoms with Crippen molar-refractivity contribution in [2.75, 3.05) is 11.9 Å². The highest BCUT2D eigenvalue weighted by Gasteiger charge is 2.13. The lowest BCUT2D eigenvalue weighted by Gasteiger charge is -2.12. The van der Waals surface area contributed by atoms with E-state index < -0.39 is 5.97 Å². The second kappa shape index (κ2) is 6.01. The fourth-order valence-corrected chi connectivity index (χ4v) is 1.97. The fourth-order valence-electron chi connectivity index (χ4n) is 1.97. The Morgan fingerprint density at radius 2 is 2.05 bits per heavy atom. The van der Waals surface area contributed by atoms with Crippen molar-refractivity contribution >= 4 is 28.5 Å². The number of primary amides is 1. The molecule has 0 spiro atoms. The normalized spacial score (nSPS) is 10.4. The van der Waals surface area contributed by atoms with E-state index >= 15 is 0 Å². The number of carbonyl (C=O) groups excluding carboxylic acids is 1. The van der Waals surface area contributed by atoms with E-state index in [9.17, 15) is 14.7 Å². The first-order valence-electron chi connectivity index (χ1n) is 6.23. The molecule has 0 atom stereocenters. The number of pyridine rings is 1. The average Bonchev–Trinajstić information content (AvgIpc) is 2.42. The summed E-state index contributed by atoms with van der Waals surface area (Å²) in [4.78, 5) is 26.1. The molecule has 0 bridgehead atoms. The van der Waals surface area contributed by atoms with Gasteiger partial charge in [-0.2, -0.15) is 0 Å². The minimum absolute atomic E-state index is 0.114. The highest BCUT2D eigenvalue weighted by atomic mass is 16.4. The topological polar surface area (TPSA) is 105 Å². The van der Waals surface area contributed by atoms with Crippen molar-refractivity contribution in [3.8, 4) is 0 Å². The number of nitrogens with two attached hydrogens (primary N) is 1. The number of carboxylic acid groups (broad SMARTS) is 1. The maximum Gasteiger partial charge on any atom is 0.339 e. The molecule has 0 saturated carbocycles. The van der Waals surface area contributed by atoms with Crippen molar-refractivity contribution in [2.45, 2.75) is 12.8 Å². The van der Waals surface area contributed by atoms with Gasteiger partial charge in [0.25, 0.3) is 0 Å². The van der Waals surface area contributed by atoms with Crippen LogP contribution in [0.5, 0.6) is 0 Å². The molecule has 20 heavy (non-hydrogen) atoms. The third kappa shape index (κ3) is 3.03. The van der Waals surface area contributed by atoms with Crippen molar-refractivity contribution in [2.24, 2.45) is 5.73 Å². The van der Waals surface area contributed by atoms with Crippen molar-refractivity contribution < 1.29 is 14.7 Å². The summed E-state index contributed by atoms with van der Waals surface area (Å²) >= 11 is 0. The number of carboxylic acids is 1. The number of para-hydroxylation sites is 1. The highest BCUT2D eigenvalue weighted by molar-refractivity contribution is 6.04. The molecule has 6 nitrogen and oxygen atoms in total. The molecule has 104 valence electrons.